The Kier molecular flexibility index (Phi) is 4.72. The lowest BCUT2D eigenvalue weighted by Gasteiger charge is -2.14. The van der Waals surface area contributed by atoms with Gasteiger partial charge in [0.15, 0.2) is 0 Å². The number of fused-ring (bicyclic) bond motifs is 1. The van der Waals surface area contributed by atoms with Gasteiger partial charge in [-0.1, -0.05) is 30.3 Å². The van der Waals surface area contributed by atoms with Gasteiger partial charge in [-0.05, 0) is 36.8 Å². The van der Waals surface area contributed by atoms with E-state index in [0.717, 1.165) is 16.6 Å². The number of amides is 1. The Morgan fingerprint density at radius 2 is 1.89 bits per heavy atom. The number of rotatable bonds is 5. The summed E-state index contributed by atoms with van der Waals surface area (Å²) in [5.74, 6) is 1.11. The summed E-state index contributed by atoms with van der Waals surface area (Å²) < 4.78 is 1.88. The fraction of sp³-hybridized carbons (Fsp3) is 0.143. The van der Waals surface area contributed by atoms with Crippen molar-refractivity contribution in [3.63, 3.8) is 0 Å². The van der Waals surface area contributed by atoms with Crippen LogP contribution in [0.4, 0.5) is 11.6 Å². The second kappa shape index (κ2) is 7.48. The number of hydrogen-bond acceptors (Lipinski definition) is 5. The molecule has 0 saturated heterocycles. The van der Waals surface area contributed by atoms with E-state index in [1.165, 1.54) is 6.92 Å². The number of nitrogens with zero attached hydrogens (tertiary/aromatic N) is 4. The molecule has 140 valence electrons. The molecule has 2 N–H and O–H groups in total. The summed E-state index contributed by atoms with van der Waals surface area (Å²) in [6.07, 6.45) is 3.43. The molecular weight excluding hydrogens is 352 g/mol. The third-order valence-corrected chi connectivity index (χ3v) is 4.40. The minimum Gasteiger partial charge on any atom is -0.348 e. The van der Waals surface area contributed by atoms with Crippen molar-refractivity contribution in [1.82, 2.24) is 19.5 Å². The second-order valence-electron chi connectivity index (χ2n) is 6.51. The van der Waals surface area contributed by atoms with Gasteiger partial charge in [-0.2, -0.15) is 4.98 Å². The van der Waals surface area contributed by atoms with E-state index < -0.39 is 0 Å². The highest BCUT2D eigenvalue weighted by molar-refractivity contribution is 5.91. The molecule has 0 radical (unpaired) electrons. The highest BCUT2D eigenvalue weighted by Crippen LogP contribution is 2.22. The summed E-state index contributed by atoms with van der Waals surface area (Å²) in [7, 11) is 0. The maximum atomic E-state index is 11.3. The Morgan fingerprint density at radius 1 is 1.07 bits per heavy atom. The van der Waals surface area contributed by atoms with Crippen LogP contribution in [0.5, 0.6) is 0 Å². The molecule has 7 nitrogen and oxygen atoms in total. The molecule has 0 bridgehead atoms. The largest absolute Gasteiger partial charge is 0.348 e. The number of benzene rings is 2. The van der Waals surface area contributed by atoms with Gasteiger partial charge in [0.2, 0.25) is 11.9 Å². The zero-order valence-electron chi connectivity index (χ0n) is 15.6. The standard InChI is InChI=1S/C21H20N6O/c1-14(16-6-4-3-5-7-16)24-21-22-11-10-20(26-21)27-13-23-18-9-8-17(12-19(18)27)25-15(2)28/h3-14H,1-2H3,(H,25,28)(H,22,24,26)/t14-/m0/s1. The van der Waals surface area contributed by atoms with Crippen molar-refractivity contribution < 1.29 is 4.79 Å². The molecule has 0 aliphatic carbocycles. The first-order valence-corrected chi connectivity index (χ1v) is 9.00. The summed E-state index contributed by atoms with van der Waals surface area (Å²) in [4.78, 5) is 24.7. The van der Waals surface area contributed by atoms with Gasteiger partial charge < -0.3 is 10.6 Å². The highest BCUT2D eigenvalue weighted by Gasteiger charge is 2.10. The zero-order chi connectivity index (χ0) is 19.5. The number of hydrogen-bond donors (Lipinski definition) is 2. The van der Waals surface area contributed by atoms with E-state index in [2.05, 4.69) is 44.6 Å². The van der Waals surface area contributed by atoms with E-state index in [4.69, 9.17) is 0 Å². The van der Waals surface area contributed by atoms with Gasteiger partial charge in [0.25, 0.3) is 0 Å². The normalized spacial score (nSPS) is 11.9. The molecule has 1 amide bonds. The van der Waals surface area contributed by atoms with Crippen LogP contribution in [0.3, 0.4) is 0 Å². The summed E-state index contributed by atoms with van der Waals surface area (Å²) in [6.45, 7) is 3.55. The molecule has 0 aliphatic heterocycles. The number of carbonyl (C=O) groups excluding carboxylic acids is 1. The van der Waals surface area contributed by atoms with Crippen LogP contribution in [0.25, 0.3) is 16.9 Å². The molecular formula is C21H20N6O. The number of anilines is 2. The van der Waals surface area contributed by atoms with Crippen molar-refractivity contribution in [2.75, 3.05) is 10.6 Å². The number of aromatic nitrogens is 4. The van der Waals surface area contributed by atoms with Crippen LogP contribution in [0.2, 0.25) is 0 Å². The van der Waals surface area contributed by atoms with Crippen molar-refractivity contribution in [1.29, 1.82) is 0 Å². The Bertz CT molecular complexity index is 1120. The SMILES string of the molecule is CC(=O)Nc1ccc2ncn(-c3ccnc(N[C@@H](C)c4ccccc4)n3)c2c1. The van der Waals surface area contributed by atoms with Gasteiger partial charge in [0.05, 0.1) is 17.1 Å². The minimum absolute atomic E-state index is 0.0716. The van der Waals surface area contributed by atoms with E-state index in [0.29, 0.717) is 17.5 Å². The number of imidazole rings is 1. The fourth-order valence-corrected chi connectivity index (χ4v) is 3.04. The molecule has 2 aromatic carbocycles. The molecule has 0 spiro atoms. The zero-order valence-corrected chi connectivity index (χ0v) is 15.6. The fourth-order valence-electron chi connectivity index (χ4n) is 3.04. The predicted octanol–water partition coefficient (Wildman–Crippen LogP) is 3.95. The predicted molar refractivity (Wildman–Crippen MR) is 109 cm³/mol. The van der Waals surface area contributed by atoms with Crippen molar-refractivity contribution in [3.05, 3.63) is 72.7 Å². The van der Waals surface area contributed by atoms with E-state index in [1.807, 2.05) is 47.0 Å². The first-order valence-electron chi connectivity index (χ1n) is 9.00. The molecule has 0 unspecified atom stereocenters. The number of nitrogens with one attached hydrogen (secondary N) is 2. The number of carbonyl (C=O) groups is 1. The van der Waals surface area contributed by atoms with Gasteiger partial charge in [0.1, 0.15) is 12.1 Å². The Labute approximate surface area is 162 Å². The van der Waals surface area contributed by atoms with Crippen LogP contribution in [-0.2, 0) is 4.79 Å². The van der Waals surface area contributed by atoms with Gasteiger partial charge in [-0.25, -0.2) is 9.97 Å². The van der Waals surface area contributed by atoms with Crippen LogP contribution in [0, 0.1) is 0 Å². The molecule has 28 heavy (non-hydrogen) atoms. The third-order valence-electron chi connectivity index (χ3n) is 4.40. The molecule has 0 fully saturated rings. The average molecular weight is 372 g/mol. The molecule has 4 rings (SSSR count). The maximum Gasteiger partial charge on any atom is 0.225 e. The lowest BCUT2D eigenvalue weighted by molar-refractivity contribution is -0.114. The summed E-state index contributed by atoms with van der Waals surface area (Å²) >= 11 is 0. The summed E-state index contributed by atoms with van der Waals surface area (Å²) in [6, 6.07) is 17.6. The van der Waals surface area contributed by atoms with Crippen LogP contribution in [0.1, 0.15) is 25.5 Å². The van der Waals surface area contributed by atoms with Crippen LogP contribution in [-0.4, -0.2) is 25.4 Å². The topological polar surface area (TPSA) is 84.7 Å². The van der Waals surface area contributed by atoms with Crippen molar-refractivity contribution in [3.8, 4) is 5.82 Å². The molecule has 7 heteroatoms. The van der Waals surface area contributed by atoms with Crippen LogP contribution < -0.4 is 10.6 Å². The van der Waals surface area contributed by atoms with Crippen molar-refractivity contribution in [2.24, 2.45) is 0 Å². The van der Waals surface area contributed by atoms with Gasteiger partial charge in [0, 0.05) is 18.8 Å². The Hall–Kier alpha value is -3.74. The van der Waals surface area contributed by atoms with E-state index in [9.17, 15) is 4.79 Å². The van der Waals surface area contributed by atoms with Crippen molar-refractivity contribution in [2.45, 2.75) is 19.9 Å². The Balaban J connectivity index is 1.65. The van der Waals surface area contributed by atoms with Gasteiger partial charge in [-0.15, -0.1) is 0 Å². The van der Waals surface area contributed by atoms with E-state index in [1.54, 1.807) is 12.5 Å². The van der Waals surface area contributed by atoms with E-state index >= 15 is 0 Å². The molecule has 1 atom stereocenters. The van der Waals surface area contributed by atoms with Crippen molar-refractivity contribution >= 4 is 28.6 Å². The molecule has 2 aromatic heterocycles. The van der Waals surface area contributed by atoms with Crippen LogP contribution in [0.15, 0.2) is 67.1 Å². The molecule has 4 aromatic rings. The molecule has 2 heterocycles. The van der Waals surface area contributed by atoms with Crippen LogP contribution >= 0.6 is 0 Å². The summed E-state index contributed by atoms with van der Waals surface area (Å²) in [5.41, 5.74) is 3.54. The minimum atomic E-state index is -0.117. The monoisotopic (exact) mass is 372 g/mol. The third kappa shape index (κ3) is 3.68. The van der Waals surface area contributed by atoms with Gasteiger partial charge in [-0.3, -0.25) is 9.36 Å². The Morgan fingerprint density at radius 3 is 2.68 bits per heavy atom. The van der Waals surface area contributed by atoms with Gasteiger partial charge >= 0.3 is 0 Å². The molecule has 0 aliphatic rings. The quantitative estimate of drug-likeness (QED) is 0.554. The second-order valence-corrected chi connectivity index (χ2v) is 6.51. The maximum absolute atomic E-state index is 11.3. The first-order chi connectivity index (χ1) is 13.6. The lowest BCUT2D eigenvalue weighted by Crippen LogP contribution is -2.10. The first kappa shape index (κ1) is 17.7. The molecule has 0 saturated carbocycles. The smallest absolute Gasteiger partial charge is 0.225 e. The lowest BCUT2D eigenvalue weighted by atomic mass is 10.1. The summed E-state index contributed by atoms with van der Waals surface area (Å²) in [5, 5.41) is 6.13. The highest BCUT2D eigenvalue weighted by atomic mass is 16.1. The van der Waals surface area contributed by atoms with E-state index in [-0.39, 0.29) is 11.9 Å². The average Bonchev–Trinajstić information content (AvgIpc) is 3.11.